The van der Waals surface area contributed by atoms with Crippen LogP contribution < -0.4 is 20.7 Å². The van der Waals surface area contributed by atoms with Crippen molar-refractivity contribution in [3.8, 4) is 51.0 Å². The summed E-state index contributed by atoms with van der Waals surface area (Å²) in [6, 6.07) is 83.8. The zero-order valence-electron chi connectivity index (χ0n) is 36.2. The molecule has 1 aliphatic rings. The molecule has 0 atom stereocenters. The number of para-hydroxylation sites is 1. The van der Waals surface area contributed by atoms with Crippen LogP contribution in [0.4, 0.5) is 0 Å². The Bertz CT molecular complexity index is 3400. The van der Waals surface area contributed by atoms with E-state index in [4.69, 9.17) is 15.0 Å². The molecule has 1 aliphatic carbocycles. The normalized spacial score (nSPS) is 12.9. The minimum Gasteiger partial charge on any atom is -0.309 e. The number of hydrogen-bond donors (Lipinski definition) is 0. The predicted molar refractivity (Wildman–Crippen MR) is 272 cm³/mol. The molecule has 0 fully saturated rings. The molecule has 9 aromatic carbocycles. The Morgan fingerprint density at radius 2 is 0.831 bits per heavy atom. The zero-order chi connectivity index (χ0) is 43.5. The van der Waals surface area contributed by atoms with Crippen LogP contribution in [0.2, 0.25) is 0 Å². The lowest BCUT2D eigenvalue weighted by atomic mass is 9.82. The van der Waals surface area contributed by atoms with Gasteiger partial charge in [-0.25, -0.2) is 15.0 Å². The van der Waals surface area contributed by atoms with Gasteiger partial charge in [0.25, 0.3) is 0 Å². The van der Waals surface area contributed by atoms with Crippen LogP contribution in [0.3, 0.4) is 0 Å². The lowest BCUT2D eigenvalue weighted by molar-refractivity contribution is 0.661. The summed E-state index contributed by atoms with van der Waals surface area (Å²) in [6.45, 7) is 4.73. The second kappa shape index (κ2) is 15.4. The molecule has 308 valence electrons. The first-order valence-electron chi connectivity index (χ1n) is 22.4. The van der Waals surface area contributed by atoms with Gasteiger partial charge in [-0.15, -0.1) is 0 Å². The summed E-state index contributed by atoms with van der Waals surface area (Å²) in [5.74, 6) is 1.89. The maximum atomic E-state index is 5.36. The number of rotatable bonds is 8. The van der Waals surface area contributed by atoms with Crippen molar-refractivity contribution in [3.63, 3.8) is 0 Å². The van der Waals surface area contributed by atoms with Crippen molar-refractivity contribution in [2.45, 2.75) is 19.3 Å². The number of nitrogens with zero attached hydrogens (tertiary/aromatic N) is 4. The van der Waals surface area contributed by atoms with E-state index < -0.39 is 8.07 Å². The molecule has 0 N–H and O–H groups in total. The molecule has 0 saturated carbocycles. The number of hydrogen-bond acceptors (Lipinski definition) is 3. The summed E-state index contributed by atoms with van der Waals surface area (Å²) >= 11 is 0. The van der Waals surface area contributed by atoms with E-state index in [0.29, 0.717) is 17.5 Å². The quantitative estimate of drug-likeness (QED) is 0.113. The Kier molecular flexibility index (Phi) is 9.14. The van der Waals surface area contributed by atoms with Crippen LogP contribution in [0.15, 0.2) is 231 Å². The average molecular weight is 849 g/mol. The Hall–Kier alpha value is -7.99. The second-order valence-corrected chi connectivity index (χ2v) is 21.4. The average Bonchev–Trinajstić information content (AvgIpc) is 3.82. The van der Waals surface area contributed by atoms with E-state index in [-0.39, 0.29) is 5.41 Å². The maximum absolute atomic E-state index is 5.36. The van der Waals surface area contributed by atoms with Crippen LogP contribution >= 0.6 is 0 Å². The van der Waals surface area contributed by atoms with Crippen molar-refractivity contribution >= 4 is 50.6 Å². The van der Waals surface area contributed by atoms with E-state index in [2.05, 4.69) is 213 Å². The van der Waals surface area contributed by atoms with Gasteiger partial charge in [-0.2, -0.15) is 0 Å². The third kappa shape index (κ3) is 6.22. The highest BCUT2D eigenvalue weighted by atomic mass is 28.3. The summed E-state index contributed by atoms with van der Waals surface area (Å²) in [7, 11) is -3.07. The highest BCUT2D eigenvalue weighted by Gasteiger charge is 2.42. The fourth-order valence-electron chi connectivity index (χ4n) is 10.5. The van der Waals surface area contributed by atoms with E-state index in [0.717, 1.165) is 33.4 Å². The van der Waals surface area contributed by atoms with Gasteiger partial charge in [0.15, 0.2) is 25.5 Å². The Morgan fingerprint density at radius 1 is 0.354 bits per heavy atom. The number of aromatic nitrogens is 4. The van der Waals surface area contributed by atoms with Crippen molar-refractivity contribution < 1.29 is 0 Å². The topological polar surface area (TPSA) is 43.6 Å². The van der Waals surface area contributed by atoms with Crippen LogP contribution in [0.1, 0.15) is 25.0 Å². The highest BCUT2D eigenvalue weighted by molar-refractivity contribution is 7.20. The van der Waals surface area contributed by atoms with Crippen molar-refractivity contribution in [2.75, 3.05) is 0 Å². The molecule has 0 aliphatic heterocycles. The van der Waals surface area contributed by atoms with Crippen LogP contribution in [-0.4, -0.2) is 27.6 Å². The molecular formula is C60H44N4Si. The summed E-state index contributed by atoms with van der Waals surface area (Å²) < 4.78 is 2.49. The molecule has 11 aromatic rings. The lowest BCUT2D eigenvalue weighted by Gasteiger charge is -2.35. The van der Waals surface area contributed by atoms with Crippen molar-refractivity contribution in [3.05, 3.63) is 242 Å². The van der Waals surface area contributed by atoms with Gasteiger partial charge in [0.1, 0.15) is 0 Å². The van der Waals surface area contributed by atoms with Crippen LogP contribution in [0.5, 0.6) is 0 Å². The van der Waals surface area contributed by atoms with E-state index in [1.165, 1.54) is 53.8 Å². The highest BCUT2D eigenvalue weighted by Crippen LogP contribution is 2.51. The van der Waals surface area contributed by atoms with Gasteiger partial charge in [0.05, 0.1) is 11.0 Å². The molecule has 0 spiro atoms. The van der Waals surface area contributed by atoms with Gasteiger partial charge < -0.3 is 4.57 Å². The molecule has 5 heteroatoms. The van der Waals surface area contributed by atoms with Crippen LogP contribution in [0, 0.1) is 0 Å². The molecule has 0 bridgehead atoms. The molecule has 65 heavy (non-hydrogen) atoms. The Labute approximate surface area is 380 Å². The standard InChI is InChI=1S/C60H44N4Si/c1-60(2)53-34-20-18-32-49(53)51-40-56-52(39-54(51)60)50-33-19-21-35-55(50)64(56)44-36-43(59-62-57(41-22-8-3-9-23-41)61-58(63-59)42-24-10-4-11-25-42)37-48(38-44)65(45-26-12-5-13-27-45,46-28-14-6-15-29-46)47-30-16-7-17-31-47/h3-40H,1-2H3. The fourth-order valence-corrected chi connectivity index (χ4v) is 15.3. The van der Waals surface area contributed by atoms with Crippen LogP contribution in [-0.2, 0) is 5.41 Å². The van der Waals surface area contributed by atoms with Gasteiger partial charge >= 0.3 is 0 Å². The first-order chi connectivity index (χ1) is 32.0. The van der Waals surface area contributed by atoms with E-state index in [1.54, 1.807) is 0 Å². The first-order valence-corrected chi connectivity index (χ1v) is 24.4. The molecule has 12 rings (SSSR count). The van der Waals surface area contributed by atoms with Crippen molar-refractivity contribution in [2.24, 2.45) is 0 Å². The molecule has 0 unspecified atom stereocenters. The van der Waals surface area contributed by atoms with Gasteiger partial charge in [0, 0.05) is 38.6 Å². The monoisotopic (exact) mass is 848 g/mol. The minimum absolute atomic E-state index is 0.131. The van der Waals surface area contributed by atoms with Crippen LogP contribution in [0.25, 0.3) is 72.8 Å². The van der Waals surface area contributed by atoms with Gasteiger partial charge in [-0.3, -0.25) is 0 Å². The van der Waals surface area contributed by atoms with E-state index >= 15 is 0 Å². The molecule has 2 heterocycles. The Balaban J connectivity index is 1.23. The molecule has 2 aromatic heterocycles. The van der Waals surface area contributed by atoms with E-state index in [9.17, 15) is 0 Å². The smallest absolute Gasteiger partial charge is 0.179 e. The zero-order valence-corrected chi connectivity index (χ0v) is 37.2. The summed E-state index contributed by atoms with van der Waals surface area (Å²) in [5, 5.41) is 7.58. The summed E-state index contributed by atoms with van der Waals surface area (Å²) in [4.78, 5) is 15.8. The number of benzene rings is 9. The largest absolute Gasteiger partial charge is 0.309 e. The van der Waals surface area contributed by atoms with Crippen molar-refractivity contribution in [1.29, 1.82) is 0 Å². The lowest BCUT2D eigenvalue weighted by Crippen LogP contribution is -2.74. The predicted octanol–water partition coefficient (Wildman–Crippen LogP) is 11.7. The second-order valence-electron chi connectivity index (χ2n) is 17.6. The SMILES string of the molecule is CC1(C)c2ccccc2-c2cc3c(cc21)c1ccccc1n3-c1cc(-c2nc(-c3ccccc3)nc(-c3ccccc3)n2)cc([Si](c2ccccc2)(c2ccccc2)c2ccccc2)c1. The molecule has 0 amide bonds. The molecular weight excluding hydrogens is 805 g/mol. The summed E-state index contributed by atoms with van der Waals surface area (Å²) in [5.41, 5.74) is 11.4. The number of fused-ring (bicyclic) bond motifs is 6. The third-order valence-corrected chi connectivity index (χ3v) is 18.3. The third-order valence-electron chi connectivity index (χ3n) is 13.6. The molecule has 0 radical (unpaired) electrons. The van der Waals surface area contributed by atoms with Crippen molar-refractivity contribution in [1.82, 2.24) is 19.5 Å². The van der Waals surface area contributed by atoms with E-state index in [1.807, 2.05) is 36.4 Å². The fraction of sp³-hybridized carbons (Fsp3) is 0.0500. The van der Waals surface area contributed by atoms with Gasteiger partial charge in [-0.05, 0) is 73.3 Å². The van der Waals surface area contributed by atoms with Gasteiger partial charge in [0.2, 0.25) is 0 Å². The molecule has 0 saturated heterocycles. The first kappa shape index (κ1) is 38.7. The summed E-state index contributed by atoms with van der Waals surface area (Å²) in [6.07, 6.45) is 0. The molecule has 4 nitrogen and oxygen atoms in total. The Morgan fingerprint density at radius 3 is 1.40 bits per heavy atom. The minimum atomic E-state index is -3.07. The maximum Gasteiger partial charge on any atom is 0.179 e. The van der Waals surface area contributed by atoms with Gasteiger partial charge in [-0.1, -0.05) is 214 Å².